The predicted molar refractivity (Wildman–Crippen MR) is 115 cm³/mol. The molecule has 1 unspecified atom stereocenters. The fourth-order valence-electron chi connectivity index (χ4n) is 3.81. The van der Waals surface area contributed by atoms with Crippen LogP contribution in [0.2, 0.25) is 0 Å². The number of rotatable bonds is 6. The van der Waals surface area contributed by atoms with Crippen molar-refractivity contribution in [2.24, 2.45) is 11.1 Å². The van der Waals surface area contributed by atoms with E-state index in [2.05, 4.69) is 54.1 Å². The minimum Gasteiger partial charge on any atom is -0.487 e. The summed E-state index contributed by atoms with van der Waals surface area (Å²) >= 11 is 0. The highest BCUT2D eigenvalue weighted by atomic mass is 35.5. The van der Waals surface area contributed by atoms with Crippen molar-refractivity contribution in [3.63, 3.8) is 0 Å². The van der Waals surface area contributed by atoms with Gasteiger partial charge in [0.25, 0.3) is 0 Å². The topological polar surface area (TPSA) is 55.8 Å². The summed E-state index contributed by atoms with van der Waals surface area (Å²) < 4.78 is 7.97. The molecule has 6 heteroatoms. The molecule has 150 valence electrons. The third-order valence-electron chi connectivity index (χ3n) is 5.57. The molecule has 1 fully saturated rings. The van der Waals surface area contributed by atoms with E-state index in [-0.39, 0.29) is 17.8 Å². The Morgan fingerprint density at radius 1 is 1.21 bits per heavy atom. The monoisotopic (exact) mass is 400 g/mol. The first-order valence-electron chi connectivity index (χ1n) is 9.62. The average Bonchev–Trinajstić information content (AvgIpc) is 3.26. The molecule has 1 aromatic carbocycles. The van der Waals surface area contributed by atoms with E-state index >= 15 is 0 Å². The predicted octanol–water partition coefficient (Wildman–Crippen LogP) is 3.81. The molecule has 0 aliphatic carbocycles. The second-order valence-corrected chi connectivity index (χ2v) is 8.06. The molecule has 0 bridgehead atoms. The van der Waals surface area contributed by atoms with Crippen LogP contribution in [0.25, 0.3) is 5.65 Å². The van der Waals surface area contributed by atoms with Gasteiger partial charge in [0.2, 0.25) is 0 Å². The van der Waals surface area contributed by atoms with Crippen molar-refractivity contribution < 1.29 is 4.74 Å². The number of hydrogen-bond donors (Lipinski definition) is 1. The lowest BCUT2D eigenvalue weighted by atomic mass is 9.90. The van der Waals surface area contributed by atoms with E-state index in [0.717, 1.165) is 43.3 Å². The number of benzene rings is 1. The molecule has 2 N–H and O–H groups in total. The molecule has 4 rings (SSSR count). The molecule has 1 saturated heterocycles. The fourth-order valence-corrected chi connectivity index (χ4v) is 3.81. The number of nitrogens with zero attached hydrogens (tertiary/aromatic N) is 3. The summed E-state index contributed by atoms with van der Waals surface area (Å²) in [6.45, 7) is 8.77. The summed E-state index contributed by atoms with van der Waals surface area (Å²) in [6.07, 6.45) is 5.23. The number of imidazole rings is 1. The van der Waals surface area contributed by atoms with Crippen molar-refractivity contribution in [2.45, 2.75) is 33.4 Å². The lowest BCUT2D eigenvalue weighted by Crippen LogP contribution is -2.31. The van der Waals surface area contributed by atoms with Crippen LogP contribution in [-0.2, 0) is 13.2 Å². The molecule has 0 spiro atoms. The number of hydrogen-bond acceptors (Lipinski definition) is 4. The highest BCUT2D eigenvalue weighted by Crippen LogP contribution is 2.29. The Morgan fingerprint density at radius 3 is 2.68 bits per heavy atom. The lowest BCUT2D eigenvalue weighted by Gasteiger charge is -2.22. The van der Waals surface area contributed by atoms with Gasteiger partial charge in [0.05, 0.1) is 5.69 Å². The summed E-state index contributed by atoms with van der Waals surface area (Å²) in [6, 6.07) is 12.5. The van der Waals surface area contributed by atoms with Gasteiger partial charge in [-0.05, 0) is 61.2 Å². The maximum absolute atomic E-state index is 5.93. The molecule has 1 aliphatic heterocycles. The zero-order chi connectivity index (χ0) is 18.9. The number of nitrogens with two attached hydrogens (primary N) is 1. The molecule has 3 heterocycles. The highest BCUT2D eigenvalue weighted by molar-refractivity contribution is 5.85. The minimum atomic E-state index is 0. The number of ether oxygens (including phenoxy) is 1. The van der Waals surface area contributed by atoms with Gasteiger partial charge < -0.3 is 14.9 Å². The van der Waals surface area contributed by atoms with Crippen LogP contribution in [0.3, 0.4) is 0 Å². The number of halogens is 1. The molecule has 28 heavy (non-hydrogen) atoms. The Labute approximate surface area is 172 Å². The molecule has 3 aromatic rings. The number of likely N-dealkylation sites (tertiary alicyclic amines) is 1. The molecule has 1 aliphatic rings. The van der Waals surface area contributed by atoms with E-state index in [0.29, 0.717) is 6.61 Å². The van der Waals surface area contributed by atoms with E-state index in [1.54, 1.807) is 0 Å². The molecule has 2 aromatic heterocycles. The number of aromatic nitrogens is 2. The smallest absolute Gasteiger partial charge is 0.140 e. The molecule has 5 nitrogen and oxygen atoms in total. The van der Waals surface area contributed by atoms with Crippen LogP contribution in [0.15, 0.2) is 48.8 Å². The SMILES string of the molecule is Cc1cccn2cc(COc3ccc(CN4CCC(C)(CN)C4)cc3)nc12.Cl. The van der Waals surface area contributed by atoms with Crippen molar-refractivity contribution in [1.82, 2.24) is 14.3 Å². The summed E-state index contributed by atoms with van der Waals surface area (Å²) in [5, 5.41) is 0. The van der Waals surface area contributed by atoms with E-state index in [1.807, 2.05) is 22.9 Å². The zero-order valence-electron chi connectivity index (χ0n) is 16.6. The molecule has 0 radical (unpaired) electrons. The summed E-state index contributed by atoms with van der Waals surface area (Å²) in [5.74, 6) is 0.876. The van der Waals surface area contributed by atoms with Gasteiger partial charge in [0.15, 0.2) is 0 Å². The van der Waals surface area contributed by atoms with Crippen LogP contribution in [0.5, 0.6) is 5.75 Å². The van der Waals surface area contributed by atoms with E-state index < -0.39 is 0 Å². The Morgan fingerprint density at radius 2 is 2.00 bits per heavy atom. The summed E-state index contributed by atoms with van der Waals surface area (Å²) in [7, 11) is 0. The summed E-state index contributed by atoms with van der Waals surface area (Å²) in [5.41, 5.74) is 10.6. The first-order valence-corrected chi connectivity index (χ1v) is 9.62. The van der Waals surface area contributed by atoms with Crippen molar-refractivity contribution in [2.75, 3.05) is 19.6 Å². The van der Waals surface area contributed by atoms with Crippen LogP contribution in [0, 0.1) is 12.3 Å². The molecule has 1 atom stereocenters. The Kier molecular flexibility index (Phi) is 6.28. The first kappa shape index (κ1) is 20.6. The van der Waals surface area contributed by atoms with Crippen LogP contribution in [0.1, 0.15) is 30.2 Å². The van der Waals surface area contributed by atoms with Gasteiger partial charge in [-0.25, -0.2) is 4.98 Å². The van der Waals surface area contributed by atoms with Gasteiger partial charge in [0.1, 0.15) is 18.0 Å². The van der Waals surface area contributed by atoms with E-state index in [1.165, 1.54) is 17.5 Å². The maximum atomic E-state index is 5.93. The van der Waals surface area contributed by atoms with Crippen molar-refractivity contribution >= 4 is 18.1 Å². The van der Waals surface area contributed by atoms with Gasteiger partial charge in [-0.1, -0.05) is 25.1 Å². The second kappa shape index (κ2) is 8.52. The molecular formula is C22H29ClN4O. The maximum Gasteiger partial charge on any atom is 0.140 e. The van der Waals surface area contributed by atoms with Crippen LogP contribution in [-0.4, -0.2) is 33.9 Å². The van der Waals surface area contributed by atoms with Crippen molar-refractivity contribution in [3.8, 4) is 5.75 Å². The highest BCUT2D eigenvalue weighted by Gasteiger charge is 2.32. The number of aryl methyl sites for hydroxylation is 1. The van der Waals surface area contributed by atoms with Gasteiger partial charge in [0, 0.05) is 25.5 Å². The van der Waals surface area contributed by atoms with Crippen molar-refractivity contribution in [3.05, 3.63) is 65.6 Å². The van der Waals surface area contributed by atoms with Gasteiger partial charge in [-0.3, -0.25) is 4.90 Å². The average molecular weight is 401 g/mol. The van der Waals surface area contributed by atoms with Gasteiger partial charge >= 0.3 is 0 Å². The third-order valence-corrected chi connectivity index (χ3v) is 5.57. The normalized spacial score (nSPS) is 19.7. The fraction of sp³-hybridized carbons (Fsp3) is 0.409. The lowest BCUT2D eigenvalue weighted by molar-refractivity contribution is 0.274. The second-order valence-electron chi connectivity index (χ2n) is 8.06. The molecular weight excluding hydrogens is 372 g/mol. The largest absolute Gasteiger partial charge is 0.487 e. The Hall–Kier alpha value is -2.08. The number of fused-ring (bicyclic) bond motifs is 1. The zero-order valence-corrected chi connectivity index (χ0v) is 17.4. The first-order chi connectivity index (χ1) is 13.0. The van der Waals surface area contributed by atoms with Gasteiger partial charge in [-0.2, -0.15) is 0 Å². The van der Waals surface area contributed by atoms with E-state index in [9.17, 15) is 0 Å². The Bertz CT molecular complexity index is 924. The van der Waals surface area contributed by atoms with Crippen LogP contribution < -0.4 is 10.5 Å². The summed E-state index contributed by atoms with van der Waals surface area (Å²) in [4.78, 5) is 7.14. The molecule has 0 saturated carbocycles. The Balaban J connectivity index is 0.00000225. The third kappa shape index (κ3) is 4.49. The van der Waals surface area contributed by atoms with Crippen LogP contribution >= 0.6 is 12.4 Å². The molecule has 0 amide bonds. The van der Waals surface area contributed by atoms with E-state index in [4.69, 9.17) is 10.5 Å². The van der Waals surface area contributed by atoms with Gasteiger partial charge in [-0.15, -0.1) is 12.4 Å². The van der Waals surface area contributed by atoms with Crippen molar-refractivity contribution in [1.29, 1.82) is 0 Å². The van der Waals surface area contributed by atoms with Crippen LogP contribution in [0.4, 0.5) is 0 Å². The quantitative estimate of drug-likeness (QED) is 0.683. The number of pyridine rings is 1. The standard InChI is InChI=1S/C22H28N4O.ClH/c1-17-4-3-10-26-13-19(24-21(17)26)14-27-20-7-5-18(6-8-20)12-25-11-9-22(2,15-23)16-25;/h3-8,10,13H,9,11-12,14-16,23H2,1-2H3;1H. The minimum absolute atomic E-state index is 0.